The largest absolute Gasteiger partial charge is 0.507 e. The number of halogens is 2. The second-order valence-corrected chi connectivity index (χ2v) is 6.17. The molecule has 0 atom stereocenters. The molecule has 2 aromatic carbocycles. The van der Waals surface area contributed by atoms with Crippen molar-refractivity contribution < 1.29 is 19.4 Å². The molecule has 0 aliphatic carbocycles. The lowest BCUT2D eigenvalue weighted by atomic mass is 10.1. The maximum absolute atomic E-state index is 12.5. The summed E-state index contributed by atoms with van der Waals surface area (Å²) in [5.74, 6) is -1.57. The minimum atomic E-state index is -0.760. The van der Waals surface area contributed by atoms with Gasteiger partial charge in [0.2, 0.25) is 0 Å². The fourth-order valence-electron chi connectivity index (χ4n) is 2.27. The van der Waals surface area contributed by atoms with E-state index in [1.54, 1.807) is 0 Å². The van der Waals surface area contributed by atoms with Crippen LogP contribution in [0, 0.1) is 0 Å². The molecule has 0 saturated heterocycles. The van der Waals surface area contributed by atoms with E-state index in [-0.39, 0.29) is 32.7 Å². The molecule has 0 bridgehead atoms. The maximum atomic E-state index is 12.5. The number of nitrogens with one attached hydrogen (secondary N) is 2. The van der Waals surface area contributed by atoms with Crippen molar-refractivity contribution in [2.45, 2.75) is 0 Å². The van der Waals surface area contributed by atoms with Crippen LogP contribution in [-0.4, -0.2) is 44.2 Å². The van der Waals surface area contributed by atoms with E-state index in [0.29, 0.717) is 5.69 Å². The number of ether oxygens (including phenoxy) is 1. The van der Waals surface area contributed by atoms with Gasteiger partial charge in [-0.05, 0) is 34.7 Å². The average Bonchev–Trinajstić information content (AvgIpc) is 3.22. The van der Waals surface area contributed by atoms with Crippen LogP contribution in [0.4, 0.5) is 0 Å². The first kappa shape index (κ1) is 19.4. The molecule has 1 heterocycles. The third-order valence-electron chi connectivity index (χ3n) is 3.60. The lowest BCUT2D eigenvalue weighted by Gasteiger charge is -2.13. The van der Waals surface area contributed by atoms with Crippen molar-refractivity contribution in [2.24, 2.45) is 0 Å². The lowest BCUT2D eigenvalue weighted by molar-refractivity contribution is 0.0843. The molecule has 10 nitrogen and oxygen atoms in total. The number of hydrogen-bond donors (Lipinski definition) is 3. The highest BCUT2D eigenvalue weighted by molar-refractivity contribution is 6.33. The van der Waals surface area contributed by atoms with Gasteiger partial charge in [-0.3, -0.25) is 20.4 Å². The summed E-state index contributed by atoms with van der Waals surface area (Å²) in [6.07, 6.45) is 1.33. The smallest absolute Gasteiger partial charge is 0.273 e. The number of phenols is 1. The number of methoxy groups -OCH3 is 1. The van der Waals surface area contributed by atoms with Crippen molar-refractivity contribution in [3.8, 4) is 17.2 Å². The number of benzene rings is 2. The first-order chi connectivity index (χ1) is 13.4. The van der Waals surface area contributed by atoms with Gasteiger partial charge in [-0.15, -0.1) is 5.10 Å². The maximum Gasteiger partial charge on any atom is 0.273 e. The van der Waals surface area contributed by atoms with Crippen molar-refractivity contribution in [1.29, 1.82) is 0 Å². The minimum absolute atomic E-state index is 0.0555. The number of aromatic hydroxyl groups is 1. The number of hydrazine groups is 1. The van der Waals surface area contributed by atoms with Crippen LogP contribution < -0.4 is 15.6 Å². The molecule has 3 rings (SSSR count). The predicted octanol–water partition coefficient (Wildman–Crippen LogP) is 1.76. The molecule has 0 unspecified atom stereocenters. The average molecular weight is 423 g/mol. The lowest BCUT2D eigenvalue weighted by Crippen LogP contribution is -2.41. The van der Waals surface area contributed by atoms with Gasteiger partial charge in [-0.2, -0.15) is 4.68 Å². The van der Waals surface area contributed by atoms with E-state index in [0.717, 1.165) is 0 Å². The van der Waals surface area contributed by atoms with E-state index in [1.807, 2.05) is 0 Å². The Balaban J connectivity index is 1.80. The van der Waals surface area contributed by atoms with Gasteiger partial charge in [-0.1, -0.05) is 23.2 Å². The number of carbonyl (C=O) groups is 2. The Morgan fingerprint density at radius 1 is 1.11 bits per heavy atom. The molecular formula is C16H12Cl2N6O4. The molecule has 144 valence electrons. The first-order valence-electron chi connectivity index (χ1n) is 7.60. The van der Waals surface area contributed by atoms with Crippen molar-refractivity contribution >= 4 is 35.0 Å². The molecular weight excluding hydrogens is 411 g/mol. The number of nitrogens with zero attached hydrogens (tertiary/aromatic N) is 4. The molecule has 28 heavy (non-hydrogen) atoms. The highest BCUT2D eigenvalue weighted by Gasteiger charge is 2.19. The normalized spacial score (nSPS) is 10.4. The summed E-state index contributed by atoms with van der Waals surface area (Å²) in [5, 5.41) is 20.9. The van der Waals surface area contributed by atoms with Crippen LogP contribution in [0.5, 0.6) is 11.5 Å². The van der Waals surface area contributed by atoms with Crippen LogP contribution in [0.1, 0.15) is 20.7 Å². The van der Waals surface area contributed by atoms with Crippen molar-refractivity contribution in [2.75, 3.05) is 7.11 Å². The van der Waals surface area contributed by atoms with Crippen molar-refractivity contribution in [3.05, 3.63) is 57.8 Å². The molecule has 12 heteroatoms. The highest BCUT2D eigenvalue weighted by atomic mass is 35.5. The first-order valence-corrected chi connectivity index (χ1v) is 8.36. The second-order valence-electron chi connectivity index (χ2n) is 5.33. The van der Waals surface area contributed by atoms with Crippen LogP contribution >= 0.6 is 23.2 Å². The number of carbonyl (C=O) groups excluding carboxylic acids is 2. The molecule has 0 saturated carbocycles. The van der Waals surface area contributed by atoms with Crippen LogP contribution in [0.25, 0.3) is 5.69 Å². The summed E-state index contributed by atoms with van der Waals surface area (Å²) >= 11 is 12.0. The quantitative estimate of drug-likeness (QED) is 0.545. The number of rotatable bonds is 4. The minimum Gasteiger partial charge on any atom is -0.507 e. The molecule has 0 aliphatic heterocycles. The third-order valence-corrected chi connectivity index (χ3v) is 4.14. The fourth-order valence-corrected chi connectivity index (χ4v) is 2.70. The van der Waals surface area contributed by atoms with Gasteiger partial charge in [0.15, 0.2) is 0 Å². The van der Waals surface area contributed by atoms with Crippen LogP contribution in [-0.2, 0) is 0 Å². The van der Waals surface area contributed by atoms with E-state index < -0.39 is 11.8 Å². The summed E-state index contributed by atoms with van der Waals surface area (Å²) in [7, 11) is 1.37. The second kappa shape index (κ2) is 8.11. The van der Waals surface area contributed by atoms with Crippen LogP contribution in [0.3, 0.4) is 0 Å². The van der Waals surface area contributed by atoms with Gasteiger partial charge in [0.1, 0.15) is 17.8 Å². The zero-order valence-corrected chi connectivity index (χ0v) is 15.7. The number of aromatic nitrogens is 4. The zero-order valence-electron chi connectivity index (χ0n) is 14.2. The number of tetrazole rings is 1. The number of amides is 2. The number of hydrogen-bond acceptors (Lipinski definition) is 7. The molecule has 0 aliphatic rings. The predicted molar refractivity (Wildman–Crippen MR) is 98.8 cm³/mol. The van der Waals surface area contributed by atoms with Gasteiger partial charge in [0.25, 0.3) is 11.8 Å². The Bertz CT molecular complexity index is 1040. The van der Waals surface area contributed by atoms with Gasteiger partial charge < -0.3 is 9.84 Å². The molecule has 0 fully saturated rings. The molecule has 2 amide bonds. The Morgan fingerprint density at radius 3 is 2.46 bits per heavy atom. The summed E-state index contributed by atoms with van der Waals surface area (Å²) in [6.45, 7) is 0. The Hall–Kier alpha value is -3.37. The summed E-state index contributed by atoms with van der Waals surface area (Å²) < 4.78 is 6.52. The topological polar surface area (TPSA) is 131 Å². The van der Waals surface area contributed by atoms with E-state index in [2.05, 4.69) is 26.4 Å². The van der Waals surface area contributed by atoms with Crippen molar-refractivity contribution in [3.63, 3.8) is 0 Å². The molecule has 0 spiro atoms. The summed E-state index contributed by atoms with van der Waals surface area (Å²) in [4.78, 5) is 24.6. The van der Waals surface area contributed by atoms with Crippen LogP contribution in [0.15, 0.2) is 36.7 Å². The molecule has 3 aromatic rings. The number of phenolic OH excluding ortho intramolecular Hbond substituents is 1. The van der Waals surface area contributed by atoms with E-state index in [1.165, 1.54) is 48.5 Å². The van der Waals surface area contributed by atoms with Crippen molar-refractivity contribution in [1.82, 2.24) is 31.1 Å². The van der Waals surface area contributed by atoms with Gasteiger partial charge >= 0.3 is 0 Å². The van der Waals surface area contributed by atoms with Gasteiger partial charge in [0.05, 0.1) is 28.9 Å². The highest BCUT2D eigenvalue weighted by Crippen LogP contribution is 2.29. The monoisotopic (exact) mass is 422 g/mol. The standard InChI is InChI=1S/C16H12Cl2N6O4/c1-28-14-6-12(24-7-19-22-23-24)11(18)5-10(14)16(27)21-20-15(26)9-4-8(17)2-3-13(9)25/h2-7,25H,1H3,(H,20,26)(H,21,27). The van der Waals surface area contributed by atoms with E-state index in [4.69, 9.17) is 27.9 Å². The zero-order chi connectivity index (χ0) is 20.3. The fraction of sp³-hybridized carbons (Fsp3) is 0.0625. The van der Waals surface area contributed by atoms with E-state index in [9.17, 15) is 14.7 Å². The molecule has 1 aromatic heterocycles. The summed E-state index contributed by atoms with van der Waals surface area (Å²) in [6, 6.07) is 6.76. The Labute approximate surface area is 168 Å². The molecule has 3 N–H and O–H groups in total. The third kappa shape index (κ3) is 3.97. The van der Waals surface area contributed by atoms with Gasteiger partial charge in [0, 0.05) is 11.1 Å². The summed E-state index contributed by atoms with van der Waals surface area (Å²) in [5.41, 5.74) is 4.75. The SMILES string of the molecule is COc1cc(-n2cnnn2)c(Cl)cc1C(=O)NNC(=O)c1cc(Cl)ccc1O. The Morgan fingerprint density at radius 2 is 1.82 bits per heavy atom. The van der Waals surface area contributed by atoms with E-state index >= 15 is 0 Å². The Kier molecular flexibility index (Phi) is 5.62. The molecule has 0 radical (unpaired) electrons. The van der Waals surface area contributed by atoms with Gasteiger partial charge in [-0.25, -0.2) is 0 Å². The van der Waals surface area contributed by atoms with Crippen LogP contribution in [0.2, 0.25) is 10.0 Å².